The summed E-state index contributed by atoms with van der Waals surface area (Å²) in [5.74, 6) is 0.186. The van der Waals surface area contributed by atoms with Crippen molar-refractivity contribution in [2.75, 3.05) is 13.1 Å². The van der Waals surface area contributed by atoms with Crippen LogP contribution in [0.1, 0.15) is 27.5 Å². The Morgan fingerprint density at radius 3 is 2.78 bits per heavy atom. The van der Waals surface area contributed by atoms with Crippen molar-refractivity contribution >= 4 is 29.7 Å². The molecule has 0 bridgehead atoms. The third kappa shape index (κ3) is 4.28. The quantitative estimate of drug-likeness (QED) is 0.917. The van der Waals surface area contributed by atoms with Gasteiger partial charge in [-0.25, -0.2) is 9.37 Å². The van der Waals surface area contributed by atoms with E-state index in [1.54, 1.807) is 5.38 Å². The van der Waals surface area contributed by atoms with Gasteiger partial charge < -0.3 is 10.6 Å². The van der Waals surface area contributed by atoms with Gasteiger partial charge in [0.05, 0.1) is 0 Å². The molecule has 1 fully saturated rings. The van der Waals surface area contributed by atoms with Crippen LogP contribution in [0.5, 0.6) is 0 Å². The summed E-state index contributed by atoms with van der Waals surface area (Å²) in [5.41, 5.74) is 7.14. The zero-order valence-corrected chi connectivity index (χ0v) is 14.2. The molecule has 1 aliphatic heterocycles. The summed E-state index contributed by atoms with van der Waals surface area (Å²) >= 11 is 1.42. The highest BCUT2D eigenvalue weighted by atomic mass is 35.5. The molecule has 124 valence electrons. The van der Waals surface area contributed by atoms with Crippen molar-refractivity contribution in [1.82, 2.24) is 9.88 Å². The maximum absolute atomic E-state index is 12.9. The van der Waals surface area contributed by atoms with E-state index in [1.165, 1.54) is 23.5 Å². The molecule has 1 aromatic carbocycles. The van der Waals surface area contributed by atoms with Crippen molar-refractivity contribution in [2.45, 2.75) is 19.4 Å². The number of benzene rings is 1. The minimum Gasteiger partial charge on any atom is -0.337 e. The smallest absolute Gasteiger partial charge is 0.273 e. The number of aromatic nitrogens is 1. The van der Waals surface area contributed by atoms with E-state index in [1.807, 2.05) is 17.0 Å². The number of rotatable bonds is 4. The van der Waals surface area contributed by atoms with Crippen LogP contribution >= 0.6 is 23.7 Å². The molecule has 1 unspecified atom stereocenters. The average Bonchev–Trinajstić information content (AvgIpc) is 3.18. The molecule has 1 aromatic heterocycles. The highest BCUT2D eigenvalue weighted by Crippen LogP contribution is 2.23. The number of carbonyl (C=O) groups excluding carboxylic acids is 1. The topological polar surface area (TPSA) is 59.2 Å². The predicted octanol–water partition coefficient (Wildman–Crippen LogP) is 2.87. The van der Waals surface area contributed by atoms with Crippen molar-refractivity contribution in [3.63, 3.8) is 0 Å². The van der Waals surface area contributed by atoms with Gasteiger partial charge in [0.25, 0.3) is 5.91 Å². The molecule has 4 nitrogen and oxygen atoms in total. The maximum atomic E-state index is 12.9. The van der Waals surface area contributed by atoms with Crippen LogP contribution in [0.2, 0.25) is 0 Å². The molecule has 1 aliphatic rings. The molecule has 1 saturated heterocycles. The normalized spacial score (nSPS) is 17.1. The van der Waals surface area contributed by atoms with Gasteiger partial charge in [0.2, 0.25) is 0 Å². The summed E-state index contributed by atoms with van der Waals surface area (Å²) in [6.07, 6.45) is 1.84. The van der Waals surface area contributed by atoms with Crippen LogP contribution in [-0.4, -0.2) is 28.9 Å². The van der Waals surface area contributed by atoms with Crippen LogP contribution in [0.15, 0.2) is 29.6 Å². The van der Waals surface area contributed by atoms with Crippen LogP contribution in [0, 0.1) is 11.7 Å². The number of amides is 1. The Bertz CT molecular complexity index is 662. The summed E-state index contributed by atoms with van der Waals surface area (Å²) in [7, 11) is 0. The minimum absolute atomic E-state index is 0. The van der Waals surface area contributed by atoms with Gasteiger partial charge in [-0.3, -0.25) is 4.79 Å². The molecule has 0 saturated carbocycles. The van der Waals surface area contributed by atoms with E-state index in [9.17, 15) is 9.18 Å². The fourth-order valence-corrected chi connectivity index (χ4v) is 3.45. The van der Waals surface area contributed by atoms with Crippen molar-refractivity contribution in [1.29, 1.82) is 0 Å². The molecule has 2 heterocycles. The largest absolute Gasteiger partial charge is 0.337 e. The molecular weight excluding hydrogens is 337 g/mol. The minimum atomic E-state index is -0.216. The van der Waals surface area contributed by atoms with E-state index in [0.717, 1.165) is 36.5 Å². The Labute approximate surface area is 144 Å². The number of nitrogens with two attached hydrogens (primary N) is 1. The average molecular weight is 356 g/mol. The Hall–Kier alpha value is -1.50. The van der Waals surface area contributed by atoms with E-state index in [4.69, 9.17) is 5.73 Å². The van der Waals surface area contributed by atoms with Crippen LogP contribution in [0.3, 0.4) is 0 Å². The van der Waals surface area contributed by atoms with Gasteiger partial charge in [-0.05, 0) is 36.5 Å². The first-order valence-corrected chi connectivity index (χ1v) is 8.22. The Morgan fingerprint density at radius 2 is 2.13 bits per heavy atom. The number of nitrogens with zero attached hydrogens (tertiary/aromatic N) is 2. The van der Waals surface area contributed by atoms with E-state index in [0.29, 0.717) is 18.2 Å². The zero-order chi connectivity index (χ0) is 15.5. The van der Waals surface area contributed by atoms with Crippen molar-refractivity contribution < 1.29 is 9.18 Å². The van der Waals surface area contributed by atoms with Gasteiger partial charge in [-0.2, -0.15) is 0 Å². The third-order valence-electron chi connectivity index (χ3n) is 3.96. The Balaban J connectivity index is 0.00000192. The van der Waals surface area contributed by atoms with Gasteiger partial charge in [0.1, 0.15) is 16.5 Å². The van der Waals surface area contributed by atoms with Gasteiger partial charge >= 0.3 is 0 Å². The maximum Gasteiger partial charge on any atom is 0.273 e. The lowest BCUT2D eigenvalue weighted by atomic mass is 9.99. The molecule has 7 heteroatoms. The van der Waals surface area contributed by atoms with Gasteiger partial charge in [-0.15, -0.1) is 23.7 Å². The Morgan fingerprint density at radius 1 is 1.39 bits per heavy atom. The first kappa shape index (κ1) is 17.8. The van der Waals surface area contributed by atoms with Crippen molar-refractivity contribution in [3.8, 4) is 0 Å². The summed E-state index contributed by atoms with van der Waals surface area (Å²) in [4.78, 5) is 18.5. The fraction of sp³-hybridized carbons (Fsp3) is 0.375. The fourth-order valence-electron chi connectivity index (χ4n) is 2.80. The Kier molecular flexibility index (Phi) is 6.10. The second-order valence-electron chi connectivity index (χ2n) is 5.57. The summed E-state index contributed by atoms with van der Waals surface area (Å²) in [6.45, 7) is 1.84. The van der Waals surface area contributed by atoms with Crippen molar-refractivity contribution in [2.24, 2.45) is 11.7 Å². The van der Waals surface area contributed by atoms with Crippen molar-refractivity contribution in [3.05, 3.63) is 51.7 Å². The van der Waals surface area contributed by atoms with Gasteiger partial charge in [-0.1, -0.05) is 12.1 Å². The lowest BCUT2D eigenvalue weighted by Crippen LogP contribution is -2.29. The second kappa shape index (κ2) is 7.86. The standard InChI is InChI=1S/C16H18FN3OS.ClH/c17-13-3-1-11(2-4-13)7-12-5-6-20(9-12)16(21)14-10-22-15(8-18)19-14;/h1-4,10,12H,5-9,18H2;1H. The SMILES string of the molecule is Cl.NCc1nc(C(=O)N2CCC(Cc3ccc(F)cc3)C2)cs1. The lowest BCUT2D eigenvalue weighted by molar-refractivity contribution is 0.0782. The first-order valence-electron chi connectivity index (χ1n) is 7.34. The molecule has 0 spiro atoms. The van der Waals surface area contributed by atoms with Gasteiger partial charge in [0, 0.05) is 25.0 Å². The monoisotopic (exact) mass is 355 g/mol. The molecular formula is C16H19ClFN3OS. The molecule has 23 heavy (non-hydrogen) atoms. The predicted molar refractivity (Wildman–Crippen MR) is 91.4 cm³/mol. The summed E-state index contributed by atoms with van der Waals surface area (Å²) in [6, 6.07) is 6.59. The van der Waals surface area contributed by atoms with E-state index in [2.05, 4.69) is 4.98 Å². The number of carbonyl (C=O) groups is 1. The van der Waals surface area contributed by atoms with E-state index in [-0.39, 0.29) is 24.1 Å². The number of hydrogen-bond donors (Lipinski definition) is 1. The van der Waals surface area contributed by atoms with Crippen LogP contribution in [0.4, 0.5) is 4.39 Å². The van der Waals surface area contributed by atoms with E-state index >= 15 is 0 Å². The second-order valence-corrected chi connectivity index (χ2v) is 6.51. The van der Waals surface area contributed by atoms with Crippen LogP contribution < -0.4 is 5.73 Å². The first-order chi connectivity index (χ1) is 10.7. The number of thiazole rings is 1. The molecule has 0 radical (unpaired) electrons. The number of halogens is 2. The molecule has 1 atom stereocenters. The molecule has 3 rings (SSSR count). The zero-order valence-electron chi connectivity index (χ0n) is 12.6. The molecule has 2 N–H and O–H groups in total. The highest BCUT2D eigenvalue weighted by Gasteiger charge is 2.28. The number of likely N-dealkylation sites (tertiary alicyclic amines) is 1. The molecule has 2 aromatic rings. The molecule has 1 amide bonds. The van der Waals surface area contributed by atoms with E-state index < -0.39 is 0 Å². The molecule has 0 aliphatic carbocycles. The van der Waals surface area contributed by atoms with Crippen LogP contribution in [-0.2, 0) is 13.0 Å². The third-order valence-corrected chi connectivity index (χ3v) is 4.83. The number of hydrogen-bond acceptors (Lipinski definition) is 4. The summed E-state index contributed by atoms with van der Waals surface area (Å²) in [5, 5.41) is 2.56. The lowest BCUT2D eigenvalue weighted by Gasteiger charge is -2.15. The van der Waals surface area contributed by atoms with Crippen LogP contribution in [0.25, 0.3) is 0 Å². The summed E-state index contributed by atoms with van der Waals surface area (Å²) < 4.78 is 12.9. The highest BCUT2D eigenvalue weighted by molar-refractivity contribution is 7.09. The van der Waals surface area contributed by atoms with Gasteiger partial charge in [0.15, 0.2) is 0 Å².